The van der Waals surface area contributed by atoms with Gasteiger partial charge in [0.2, 0.25) is 0 Å². The molecule has 0 aliphatic rings. The van der Waals surface area contributed by atoms with E-state index in [1.165, 1.54) is 0 Å². The summed E-state index contributed by atoms with van der Waals surface area (Å²) in [4.78, 5) is 21.4. The van der Waals surface area contributed by atoms with Crippen molar-refractivity contribution in [1.82, 2.24) is 9.97 Å². The third-order valence-electron chi connectivity index (χ3n) is 5.07. The first-order valence-corrected chi connectivity index (χ1v) is 10.4. The number of allylic oxidation sites excluding steroid dienone is 1. The predicted molar refractivity (Wildman–Crippen MR) is 128 cm³/mol. The fraction of sp³-hybridized carbons (Fsp3) is 0. The summed E-state index contributed by atoms with van der Waals surface area (Å²) in [5, 5.41) is 0. The molecule has 0 aliphatic carbocycles. The lowest BCUT2D eigenvalue weighted by Gasteiger charge is -2.08. The van der Waals surface area contributed by atoms with Gasteiger partial charge >= 0.3 is 0 Å². The number of ketones is 1. The maximum atomic E-state index is 13.4. The first kappa shape index (κ1) is 19.5. The van der Waals surface area contributed by atoms with Crippen LogP contribution in [-0.4, -0.2) is 15.8 Å². The van der Waals surface area contributed by atoms with Gasteiger partial charge in [-0.3, -0.25) is 4.79 Å². The summed E-state index contributed by atoms with van der Waals surface area (Å²) in [7, 11) is 0. The maximum Gasteiger partial charge on any atom is 0.196 e. The molecule has 5 rings (SSSR count). The van der Waals surface area contributed by atoms with Crippen LogP contribution >= 0.6 is 0 Å². The Kier molecular flexibility index (Phi) is 5.33. The molecule has 5 aromatic rings. The molecular formula is C28H20N2O2. The summed E-state index contributed by atoms with van der Waals surface area (Å²) in [6.45, 7) is 0. The third-order valence-corrected chi connectivity index (χ3v) is 5.07. The van der Waals surface area contributed by atoms with Gasteiger partial charge in [0.15, 0.2) is 5.78 Å². The predicted octanol–water partition coefficient (Wildman–Crippen LogP) is 6.78. The second-order valence-electron chi connectivity index (χ2n) is 7.34. The van der Waals surface area contributed by atoms with Gasteiger partial charge in [-0.1, -0.05) is 72.8 Å². The molecule has 4 nitrogen and oxygen atoms in total. The van der Waals surface area contributed by atoms with E-state index in [9.17, 15) is 4.79 Å². The monoisotopic (exact) mass is 416 g/mol. The second-order valence-corrected chi connectivity index (χ2v) is 7.34. The van der Waals surface area contributed by atoms with Crippen molar-refractivity contribution >= 4 is 28.5 Å². The van der Waals surface area contributed by atoms with Gasteiger partial charge in [0.05, 0.1) is 16.6 Å². The van der Waals surface area contributed by atoms with E-state index in [1.54, 1.807) is 0 Å². The number of nitrogens with zero attached hydrogens (tertiary/aromatic N) is 1. The van der Waals surface area contributed by atoms with Crippen molar-refractivity contribution in [3.63, 3.8) is 0 Å². The SMILES string of the molecule is O=C(/C(=C/c1cccc(Oc2ccccc2)c1)c1nc2ccccc2[nH]1)c1ccccc1. The Morgan fingerprint density at radius 3 is 2.22 bits per heavy atom. The highest BCUT2D eigenvalue weighted by atomic mass is 16.5. The number of aromatic nitrogens is 2. The highest BCUT2D eigenvalue weighted by molar-refractivity contribution is 6.31. The first-order chi connectivity index (χ1) is 15.8. The van der Waals surface area contributed by atoms with Crippen molar-refractivity contribution in [3.05, 3.63) is 126 Å². The van der Waals surface area contributed by atoms with Crippen LogP contribution in [0.15, 0.2) is 109 Å². The molecule has 1 N–H and O–H groups in total. The molecule has 0 radical (unpaired) electrons. The Bertz CT molecular complexity index is 1370. The number of hydrogen-bond donors (Lipinski definition) is 1. The maximum absolute atomic E-state index is 13.4. The number of ether oxygens (including phenoxy) is 1. The van der Waals surface area contributed by atoms with E-state index in [4.69, 9.17) is 4.74 Å². The molecular weight excluding hydrogens is 396 g/mol. The number of rotatable bonds is 6. The van der Waals surface area contributed by atoms with Gasteiger partial charge in [0, 0.05) is 5.56 Å². The van der Waals surface area contributed by atoms with Crippen LogP contribution in [0, 0.1) is 0 Å². The number of nitrogens with one attached hydrogen (secondary N) is 1. The number of hydrogen-bond acceptors (Lipinski definition) is 3. The zero-order chi connectivity index (χ0) is 21.8. The number of imidazole rings is 1. The average Bonchev–Trinajstić information content (AvgIpc) is 3.28. The molecule has 0 saturated carbocycles. The van der Waals surface area contributed by atoms with Gasteiger partial charge in [-0.05, 0) is 48.0 Å². The van der Waals surface area contributed by atoms with Gasteiger partial charge in [-0.15, -0.1) is 0 Å². The Labute approximate surface area is 185 Å². The largest absolute Gasteiger partial charge is 0.457 e. The molecule has 0 fully saturated rings. The molecule has 0 atom stereocenters. The van der Waals surface area contributed by atoms with Crippen LogP contribution in [0.5, 0.6) is 11.5 Å². The summed E-state index contributed by atoms with van der Waals surface area (Å²) in [5.41, 5.74) is 3.64. The summed E-state index contributed by atoms with van der Waals surface area (Å²) in [5.74, 6) is 1.89. The molecule has 0 unspecified atom stereocenters. The average molecular weight is 416 g/mol. The van der Waals surface area contributed by atoms with E-state index < -0.39 is 0 Å². The van der Waals surface area contributed by atoms with Gasteiger partial charge < -0.3 is 9.72 Å². The van der Waals surface area contributed by atoms with Crippen LogP contribution in [0.2, 0.25) is 0 Å². The molecule has 154 valence electrons. The Balaban J connectivity index is 1.57. The van der Waals surface area contributed by atoms with Crippen molar-refractivity contribution in [2.75, 3.05) is 0 Å². The van der Waals surface area contributed by atoms with E-state index in [1.807, 2.05) is 115 Å². The van der Waals surface area contributed by atoms with Crippen molar-refractivity contribution in [3.8, 4) is 11.5 Å². The number of benzene rings is 4. The highest BCUT2D eigenvalue weighted by Gasteiger charge is 2.18. The Morgan fingerprint density at radius 1 is 0.750 bits per heavy atom. The van der Waals surface area contributed by atoms with Crippen molar-refractivity contribution in [1.29, 1.82) is 0 Å². The van der Waals surface area contributed by atoms with Crippen molar-refractivity contribution < 1.29 is 9.53 Å². The topological polar surface area (TPSA) is 55.0 Å². The quantitative estimate of drug-likeness (QED) is 0.245. The number of carbonyl (C=O) groups excluding carboxylic acids is 1. The molecule has 4 heteroatoms. The van der Waals surface area contributed by atoms with E-state index in [0.29, 0.717) is 22.7 Å². The van der Waals surface area contributed by atoms with E-state index in [-0.39, 0.29) is 5.78 Å². The molecule has 1 aromatic heterocycles. The van der Waals surface area contributed by atoms with Crippen LogP contribution in [0.3, 0.4) is 0 Å². The smallest absolute Gasteiger partial charge is 0.196 e. The number of carbonyl (C=O) groups is 1. The fourth-order valence-electron chi connectivity index (χ4n) is 3.53. The normalized spacial score (nSPS) is 11.4. The van der Waals surface area contributed by atoms with Crippen LogP contribution in [0.4, 0.5) is 0 Å². The molecule has 0 bridgehead atoms. The van der Waals surface area contributed by atoms with Crippen molar-refractivity contribution in [2.24, 2.45) is 0 Å². The minimum atomic E-state index is -0.0981. The van der Waals surface area contributed by atoms with E-state index in [2.05, 4.69) is 9.97 Å². The summed E-state index contributed by atoms with van der Waals surface area (Å²) >= 11 is 0. The number of aromatic amines is 1. The lowest BCUT2D eigenvalue weighted by atomic mass is 10.0. The lowest BCUT2D eigenvalue weighted by molar-refractivity contribution is 0.105. The molecule has 0 saturated heterocycles. The number of fused-ring (bicyclic) bond motifs is 1. The standard InChI is InChI=1S/C28H20N2O2/c31-27(21-11-3-1-4-12-21)24(28-29-25-16-7-8-17-26(25)30-28)19-20-10-9-15-23(18-20)32-22-13-5-2-6-14-22/h1-19H,(H,29,30)/b24-19-. The van der Waals surface area contributed by atoms with Crippen molar-refractivity contribution in [2.45, 2.75) is 0 Å². The minimum absolute atomic E-state index is 0.0981. The van der Waals surface area contributed by atoms with E-state index in [0.717, 1.165) is 22.3 Å². The van der Waals surface area contributed by atoms with Gasteiger partial charge in [0.1, 0.15) is 17.3 Å². The number of Topliss-reactive ketones (excluding diaryl/α,β-unsaturated/α-hetero) is 1. The minimum Gasteiger partial charge on any atom is -0.457 e. The van der Waals surface area contributed by atoms with Crippen LogP contribution in [0.1, 0.15) is 21.7 Å². The van der Waals surface area contributed by atoms with Crippen LogP contribution < -0.4 is 4.74 Å². The summed E-state index contributed by atoms with van der Waals surface area (Å²) in [6.07, 6.45) is 1.85. The first-order valence-electron chi connectivity index (χ1n) is 10.4. The van der Waals surface area contributed by atoms with Crippen LogP contribution in [-0.2, 0) is 0 Å². The molecule has 0 amide bonds. The molecule has 0 aliphatic heterocycles. The van der Waals surface area contributed by atoms with Gasteiger partial charge in [-0.25, -0.2) is 4.98 Å². The van der Waals surface area contributed by atoms with E-state index >= 15 is 0 Å². The van der Waals surface area contributed by atoms with Crippen LogP contribution in [0.25, 0.3) is 22.7 Å². The molecule has 4 aromatic carbocycles. The van der Waals surface area contributed by atoms with Gasteiger partial charge in [0.25, 0.3) is 0 Å². The number of para-hydroxylation sites is 3. The second kappa shape index (κ2) is 8.74. The lowest BCUT2D eigenvalue weighted by Crippen LogP contribution is -2.04. The Hall–Kier alpha value is -4.44. The summed E-state index contributed by atoms with van der Waals surface area (Å²) < 4.78 is 5.96. The summed E-state index contributed by atoms with van der Waals surface area (Å²) in [6, 6.07) is 34.3. The zero-order valence-electron chi connectivity index (χ0n) is 17.2. The molecule has 0 spiro atoms. The number of H-pyrrole nitrogens is 1. The van der Waals surface area contributed by atoms with Gasteiger partial charge in [-0.2, -0.15) is 0 Å². The zero-order valence-corrected chi connectivity index (χ0v) is 17.2. The molecule has 1 heterocycles. The molecule has 32 heavy (non-hydrogen) atoms. The third kappa shape index (κ3) is 4.20. The fourth-order valence-corrected chi connectivity index (χ4v) is 3.53. The Morgan fingerprint density at radius 2 is 1.44 bits per heavy atom. The highest BCUT2D eigenvalue weighted by Crippen LogP contribution is 2.27.